The van der Waals surface area contributed by atoms with Crippen molar-refractivity contribution >= 4 is 11.9 Å². The van der Waals surface area contributed by atoms with Gasteiger partial charge in [0.1, 0.15) is 5.69 Å². The predicted molar refractivity (Wildman–Crippen MR) is 56.8 cm³/mol. The van der Waals surface area contributed by atoms with Crippen LogP contribution in [0.2, 0.25) is 0 Å². The smallest absolute Gasteiger partial charge is 0.331 e. The molecule has 1 aromatic heterocycles. The van der Waals surface area contributed by atoms with Crippen LogP contribution in [0, 0.1) is 0 Å². The summed E-state index contributed by atoms with van der Waals surface area (Å²) in [6.45, 7) is 2.07. The maximum absolute atomic E-state index is 10.8. The molecular weight excluding hydrogens is 210 g/mol. The third kappa shape index (κ3) is 2.94. The lowest BCUT2D eigenvalue weighted by Gasteiger charge is -1.98. The molecule has 0 aromatic carbocycles. The van der Waals surface area contributed by atoms with E-state index in [1.807, 2.05) is 0 Å². The van der Waals surface area contributed by atoms with E-state index in [1.165, 1.54) is 10.7 Å². The topological polar surface area (TPSA) is 98.2 Å². The lowest BCUT2D eigenvalue weighted by molar-refractivity contribution is -0.132. The van der Waals surface area contributed by atoms with Gasteiger partial charge in [-0.3, -0.25) is 9.48 Å². The average molecular weight is 223 g/mol. The lowest BCUT2D eigenvalue weighted by atomic mass is 10.2. The van der Waals surface area contributed by atoms with Crippen molar-refractivity contribution in [3.63, 3.8) is 0 Å². The van der Waals surface area contributed by atoms with Crippen LogP contribution in [0.25, 0.3) is 0 Å². The van der Waals surface area contributed by atoms with Crippen molar-refractivity contribution in [3.8, 4) is 0 Å². The van der Waals surface area contributed by atoms with Crippen LogP contribution in [0.15, 0.2) is 23.9 Å². The largest absolute Gasteiger partial charge is 0.478 e. The summed E-state index contributed by atoms with van der Waals surface area (Å²) in [4.78, 5) is 21.4. The minimum absolute atomic E-state index is 0.168. The summed E-state index contributed by atoms with van der Waals surface area (Å²) in [6.07, 6.45) is 3.57. The highest BCUT2D eigenvalue weighted by Crippen LogP contribution is 2.02. The molecule has 1 aromatic rings. The lowest BCUT2D eigenvalue weighted by Crippen LogP contribution is -2.12. The van der Waals surface area contributed by atoms with Crippen LogP contribution in [-0.4, -0.2) is 26.8 Å². The first-order valence-corrected chi connectivity index (χ1v) is 4.80. The zero-order valence-electron chi connectivity index (χ0n) is 8.88. The number of hydrogen-bond donors (Lipinski definition) is 2. The number of carboxylic acids is 1. The fourth-order valence-corrected chi connectivity index (χ4v) is 1.18. The molecule has 0 unspecified atom stereocenters. The number of hydrogen-bond acceptors (Lipinski definition) is 3. The Bertz CT molecular complexity index is 434. The highest BCUT2D eigenvalue weighted by atomic mass is 16.4. The van der Waals surface area contributed by atoms with E-state index in [0.29, 0.717) is 18.5 Å². The van der Waals surface area contributed by atoms with Gasteiger partial charge in [-0.15, -0.1) is 0 Å². The molecule has 16 heavy (non-hydrogen) atoms. The van der Waals surface area contributed by atoms with Gasteiger partial charge in [0.25, 0.3) is 5.91 Å². The fourth-order valence-electron chi connectivity index (χ4n) is 1.18. The third-order valence-electron chi connectivity index (χ3n) is 2.07. The molecule has 0 saturated heterocycles. The van der Waals surface area contributed by atoms with Gasteiger partial charge in [0, 0.05) is 11.8 Å². The van der Waals surface area contributed by atoms with Crippen LogP contribution in [0.3, 0.4) is 0 Å². The number of primary amides is 1. The molecule has 0 spiro atoms. The Kier molecular flexibility index (Phi) is 3.82. The SMILES string of the molecule is CCC(=CCn1ccc(C(N)=O)n1)C(=O)O. The number of carboxylic acid groups (broad SMARTS) is 1. The van der Waals surface area contributed by atoms with Crippen molar-refractivity contribution in [1.82, 2.24) is 9.78 Å². The number of carbonyl (C=O) groups excluding carboxylic acids is 1. The van der Waals surface area contributed by atoms with E-state index >= 15 is 0 Å². The molecule has 0 aliphatic carbocycles. The summed E-state index contributed by atoms with van der Waals surface area (Å²) in [5.41, 5.74) is 5.52. The average Bonchev–Trinajstić information content (AvgIpc) is 2.67. The van der Waals surface area contributed by atoms with Crippen LogP contribution in [-0.2, 0) is 11.3 Å². The Labute approximate surface area is 92.4 Å². The van der Waals surface area contributed by atoms with E-state index in [-0.39, 0.29) is 5.69 Å². The Morgan fingerprint density at radius 2 is 2.31 bits per heavy atom. The van der Waals surface area contributed by atoms with E-state index in [9.17, 15) is 9.59 Å². The van der Waals surface area contributed by atoms with E-state index in [2.05, 4.69) is 5.10 Å². The Hall–Kier alpha value is -2.11. The molecule has 0 fully saturated rings. The van der Waals surface area contributed by atoms with Gasteiger partial charge in [0.05, 0.1) is 6.54 Å². The highest BCUT2D eigenvalue weighted by molar-refractivity contribution is 5.90. The summed E-state index contributed by atoms with van der Waals surface area (Å²) in [5, 5.41) is 12.7. The quantitative estimate of drug-likeness (QED) is 0.706. The van der Waals surface area contributed by atoms with Gasteiger partial charge < -0.3 is 10.8 Å². The standard InChI is InChI=1S/C10H13N3O3/c1-2-7(10(15)16)3-5-13-6-4-8(12-13)9(11)14/h3-4,6H,2,5H2,1H3,(H2,11,14)(H,15,16). The molecule has 1 heterocycles. The van der Waals surface area contributed by atoms with Gasteiger partial charge in [0.2, 0.25) is 0 Å². The zero-order chi connectivity index (χ0) is 12.1. The van der Waals surface area contributed by atoms with Crippen molar-refractivity contribution in [1.29, 1.82) is 0 Å². The maximum Gasteiger partial charge on any atom is 0.331 e. The number of nitrogens with two attached hydrogens (primary N) is 1. The number of rotatable bonds is 5. The molecule has 1 rings (SSSR count). The Balaban J connectivity index is 2.73. The molecule has 3 N–H and O–H groups in total. The number of nitrogens with zero attached hydrogens (tertiary/aromatic N) is 2. The second-order valence-corrected chi connectivity index (χ2v) is 3.18. The van der Waals surface area contributed by atoms with Crippen LogP contribution in [0.4, 0.5) is 0 Å². The summed E-state index contributed by atoms with van der Waals surface area (Å²) in [6, 6.07) is 1.49. The fraction of sp³-hybridized carbons (Fsp3) is 0.300. The highest BCUT2D eigenvalue weighted by Gasteiger charge is 2.05. The molecule has 0 aliphatic rings. The molecule has 0 saturated carbocycles. The maximum atomic E-state index is 10.8. The molecule has 0 radical (unpaired) electrons. The van der Waals surface area contributed by atoms with Crippen molar-refractivity contribution in [2.24, 2.45) is 5.73 Å². The van der Waals surface area contributed by atoms with Crippen molar-refractivity contribution in [2.75, 3.05) is 0 Å². The van der Waals surface area contributed by atoms with Gasteiger partial charge in [-0.05, 0) is 12.5 Å². The van der Waals surface area contributed by atoms with Crippen LogP contribution < -0.4 is 5.73 Å². The molecule has 0 atom stereocenters. The summed E-state index contributed by atoms with van der Waals surface area (Å²) >= 11 is 0. The molecule has 1 amide bonds. The Morgan fingerprint density at radius 1 is 1.62 bits per heavy atom. The van der Waals surface area contributed by atoms with Crippen molar-refractivity contribution in [2.45, 2.75) is 19.9 Å². The molecular formula is C10H13N3O3. The number of aromatic nitrogens is 2. The number of amides is 1. The summed E-state index contributed by atoms with van der Waals surface area (Å²) in [7, 11) is 0. The molecule has 86 valence electrons. The molecule has 6 nitrogen and oxygen atoms in total. The van der Waals surface area contributed by atoms with Crippen LogP contribution in [0.5, 0.6) is 0 Å². The Morgan fingerprint density at radius 3 is 2.75 bits per heavy atom. The minimum atomic E-state index is -0.940. The third-order valence-corrected chi connectivity index (χ3v) is 2.07. The first-order valence-electron chi connectivity index (χ1n) is 4.80. The van der Waals surface area contributed by atoms with Gasteiger partial charge in [-0.1, -0.05) is 13.0 Å². The van der Waals surface area contributed by atoms with Crippen LogP contribution >= 0.6 is 0 Å². The number of aliphatic carboxylic acids is 1. The molecule has 6 heteroatoms. The van der Waals surface area contributed by atoms with Gasteiger partial charge in [0.15, 0.2) is 0 Å². The van der Waals surface area contributed by atoms with E-state index < -0.39 is 11.9 Å². The normalized spacial score (nSPS) is 11.4. The van der Waals surface area contributed by atoms with Crippen molar-refractivity contribution in [3.05, 3.63) is 29.6 Å². The predicted octanol–water partition coefficient (Wildman–Crippen LogP) is 0.403. The second-order valence-electron chi connectivity index (χ2n) is 3.18. The first kappa shape index (κ1) is 12.0. The summed E-state index contributed by atoms with van der Waals surface area (Å²) < 4.78 is 1.46. The summed E-state index contributed by atoms with van der Waals surface area (Å²) in [5.74, 6) is -1.54. The molecule has 0 bridgehead atoms. The first-order chi connectivity index (χ1) is 7.54. The van der Waals surface area contributed by atoms with Crippen LogP contribution in [0.1, 0.15) is 23.8 Å². The molecule has 0 aliphatic heterocycles. The second kappa shape index (κ2) is 5.11. The van der Waals surface area contributed by atoms with Gasteiger partial charge >= 0.3 is 5.97 Å². The van der Waals surface area contributed by atoms with E-state index in [4.69, 9.17) is 10.8 Å². The number of carbonyl (C=O) groups is 2. The van der Waals surface area contributed by atoms with Gasteiger partial charge in [-0.2, -0.15) is 5.10 Å². The van der Waals surface area contributed by atoms with Crippen molar-refractivity contribution < 1.29 is 14.7 Å². The van der Waals surface area contributed by atoms with E-state index in [1.54, 1.807) is 19.2 Å². The zero-order valence-corrected chi connectivity index (χ0v) is 8.88. The number of allylic oxidation sites excluding steroid dienone is 1. The monoisotopic (exact) mass is 223 g/mol. The van der Waals surface area contributed by atoms with E-state index in [0.717, 1.165) is 0 Å². The minimum Gasteiger partial charge on any atom is -0.478 e. The van der Waals surface area contributed by atoms with Gasteiger partial charge in [-0.25, -0.2) is 4.79 Å².